The summed E-state index contributed by atoms with van der Waals surface area (Å²) in [5, 5.41) is 7.76. The Morgan fingerprint density at radius 2 is 2.36 bits per heavy atom. The van der Waals surface area contributed by atoms with Crippen LogP contribution in [0.4, 0.5) is 0 Å². The zero-order valence-corrected chi connectivity index (χ0v) is 9.08. The lowest BCUT2D eigenvalue weighted by atomic mass is 10.3. The highest BCUT2D eigenvalue weighted by Gasteiger charge is 2.03. The first-order chi connectivity index (χ1) is 6.81. The molecule has 1 heterocycles. The quantitative estimate of drug-likeness (QED) is 0.551. The zero-order valence-electron chi connectivity index (χ0n) is 9.08. The van der Waals surface area contributed by atoms with Crippen molar-refractivity contribution >= 4 is 0 Å². The van der Waals surface area contributed by atoms with Gasteiger partial charge in [-0.2, -0.15) is 5.10 Å². The lowest BCUT2D eigenvalue weighted by molar-refractivity contribution is 0.590. The number of nitrogens with zero attached hydrogens (tertiary/aromatic N) is 2. The molecule has 3 heteroatoms. The second kappa shape index (κ2) is 5.60. The Hall–Kier alpha value is -1.09. The molecule has 0 atom stereocenters. The minimum absolute atomic E-state index is 0.844. The summed E-state index contributed by atoms with van der Waals surface area (Å²) in [4.78, 5) is 0. The first-order valence-corrected chi connectivity index (χ1v) is 5.19. The van der Waals surface area contributed by atoms with Gasteiger partial charge in [0, 0.05) is 19.6 Å². The van der Waals surface area contributed by atoms with Crippen LogP contribution in [-0.4, -0.2) is 16.3 Å². The van der Waals surface area contributed by atoms with Crippen molar-refractivity contribution in [2.45, 2.75) is 33.4 Å². The van der Waals surface area contributed by atoms with Crippen molar-refractivity contribution in [1.82, 2.24) is 15.1 Å². The van der Waals surface area contributed by atoms with Gasteiger partial charge in [0.1, 0.15) is 0 Å². The van der Waals surface area contributed by atoms with Crippen molar-refractivity contribution < 1.29 is 0 Å². The molecule has 0 bridgehead atoms. The van der Waals surface area contributed by atoms with Gasteiger partial charge in [-0.15, -0.1) is 6.58 Å². The third kappa shape index (κ3) is 2.70. The molecule has 3 nitrogen and oxygen atoms in total. The molecule has 0 aliphatic carbocycles. The van der Waals surface area contributed by atoms with Gasteiger partial charge in [-0.1, -0.05) is 13.0 Å². The van der Waals surface area contributed by atoms with E-state index in [4.69, 9.17) is 0 Å². The van der Waals surface area contributed by atoms with Crippen molar-refractivity contribution in [3.05, 3.63) is 30.1 Å². The molecular weight excluding hydrogens is 174 g/mol. The second-order valence-corrected chi connectivity index (χ2v) is 3.22. The van der Waals surface area contributed by atoms with Gasteiger partial charge < -0.3 is 5.32 Å². The monoisotopic (exact) mass is 193 g/mol. The van der Waals surface area contributed by atoms with Gasteiger partial charge in [0.05, 0.1) is 11.4 Å². The third-order valence-electron chi connectivity index (χ3n) is 2.17. The zero-order chi connectivity index (χ0) is 10.4. The van der Waals surface area contributed by atoms with Crippen LogP contribution in [0.1, 0.15) is 25.2 Å². The van der Waals surface area contributed by atoms with Crippen LogP contribution in [0.2, 0.25) is 0 Å². The molecule has 0 spiro atoms. The Morgan fingerprint density at radius 1 is 1.57 bits per heavy atom. The normalized spacial score (nSPS) is 10.4. The Bertz CT molecular complexity index is 289. The van der Waals surface area contributed by atoms with Gasteiger partial charge >= 0.3 is 0 Å². The fourth-order valence-corrected chi connectivity index (χ4v) is 1.41. The van der Waals surface area contributed by atoms with Gasteiger partial charge in [-0.25, -0.2) is 0 Å². The average Bonchev–Trinajstić information content (AvgIpc) is 2.61. The van der Waals surface area contributed by atoms with Crippen LogP contribution >= 0.6 is 0 Å². The topological polar surface area (TPSA) is 29.9 Å². The summed E-state index contributed by atoms with van der Waals surface area (Å²) in [6, 6.07) is 2.17. The summed E-state index contributed by atoms with van der Waals surface area (Å²) in [5.74, 6) is 0. The van der Waals surface area contributed by atoms with Gasteiger partial charge in [0.2, 0.25) is 0 Å². The molecule has 0 radical (unpaired) electrons. The first kappa shape index (κ1) is 11.0. The van der Waals surface area contributed by atoms with Crippen LogP contribution in [0.5, 0.6) is 0 Å². The van der Waals surface area contributed by atoms with Crippen LogP contribution in [0.25, 0.3) is 0 Å². The predicted octanol–water partition coefficient (Wildman–Crippen LogP) is 1.74. The summed E-state index contributed by atoms with van der Waals surface area (Å²) in [5.41, 5.74) is 2.42. The van der Waals surface area contributed by atoms with Crippen molar-refractivity contribution in [3.63, 3.8) is 0 Å². The van der Waals surface area contributed by atoms with Crippen LogP contribution < -0.4 is 5.32 Å². The Balaban J connectivity index is 2.63. The summed E-state index contributed by atoms with van der Waals surface area (Å²) < 4.78 is 2.05. The molecule has 14 heavy (non-hydrogen) atoms. The maximum atomic E-state index is 4.48. The van der Waals surface area contributed by atoms with Crippen LogP contribution in [0.3, 0.4) is 0 Å². The summed E-state index contributed by atoms with van der Waals surface area (Å²) in [6.07, 6.45) is 2.87. The molecule has 0 aliphatic rings. The van der Waals surface area contributed by atoms with Gasteiger partial charge in [-0.05, 0) is 19.4 Å². The molecule has 1 aromatic heterocycles. The summed E-state index contributed by atoms with van der Waals surface area (Å²) in [7, 11) is 0. The minimum Gasteiger partial charge on any atom is -0.308 e. The molecule has 0 unspecified atom stereocenters. The van der Waals surface area contributed by atoms with E-state index in [-0.39, 0.29) is 0 Å². The van der Waals surface area contributed by atoms with Crippen molar-refractivity contribution in [2.24, 2.45) is 0 Å². The standard InChI is InChI=1S/C11H19N3/c1-4-7-12-9-11-8-10(5-2)13-14(11)6-3/h4,8,12H,1,5-7,9H2,2-3H3. The maximum Gasteiger partial charge on any atom is 0.0625 e. The molecule has 1 rings (SSSR count). The fraction of sp³-hybridized carbons (Fsp3) is 0.545. The van der Waals surface area contributed by atoms with Crippen LogP contribution in [0, 0.1) is 0 Å². The van der Waals surface area contributed by atoms with Gasteiger partial charge in [0.15, 0.2) is 0 Å². The number of aromatic nitrogens is 2. The first-order valence-electron chi connectivity index (χ1n) is 5.19. The van der Waals surface area contributed by atoms with Crippen molar-refractivity contribution in [3.8, 4) is 0 Å². The van der Waals surface area contributed by atoms with E-state index in [0.29, 0.717) is 0 Å². The van der Waals surface area contributed by atoms with Gasteiger partial charge in [-0.3, -0.25) is 4.68 Å². The highest BCUT2D eigenvalue weighted by atomic mass is 15.3. The van der Waals surface area contributed by atoms with E-state index in [9.17, 15) is 0 Å². The van der Waals surface area contributed by atoms with Crippen molar-refractivity contribution in [1.29, 1.82) is 0 Å². The fourth-order valence-electron chi connectivity index (χ4n) is 1.41. The smallest absolute Gasteiger partial charge is 0.0625 e. The van der Waals surface area contributed by atoms with Crippen molar-refractivity contribution in [2.75, 3.05) is 6.54 Å². The molecule has 0 aromatic carbocycles. The Labute approximate surface area is 85.8 Å². The minimum atomic E-state index is 0.844. The number of rotatable bonds is 6. The van der Waals surface area contributed by atoms with E-state index < -0.39 is 0 Å². The third-order valence-corrected chi connectivity index (χ3v) is 2.17. The molecule has 1 N–H and O–H groups in total. The Kier molecular flexibility index (Phi) is 4.40. The molecular formula is C11H19N3. The van der Waals surface area contributed by atoms with Gasteiger partial charge in [0.25, 0.3) is 0 Å². The highest BCUT2D eigenvalue weighted by molar-refractivity contribution is 5.10. The van der Waals surface area contributed by atoms with Crippen LogP contribution in [-0.2, 0) is 19.5 Å². The van der Waals surface area contributed by atoms with E-state index in [2.05, 4.69) is 41.6 Å². The largest absolute Gasteiger partial charge is 0.308 e. The van der Waals surface area contributed by atoms with Crippen LogP contribution in [0.15, 0.2) is 18.7 Å². The number of hydrogen-bond acceptors (Lipinski definition) is 2. The van der Waals surface area contributed by atoms with E-state index in [1.54, 1.807) is 0 Å². The SMILES string of the molecule is C=CCNCc1cc(CC)nn1CC. The van der Waals surface area contributed by atoms with E-state index in [1.165, 1.54) is 11.4 Å². The van der Waals surface area contributed by atoms with E-state index >= 15 is 0 Å². The van der Waals surface area contributed by atoms with E-state index in [0.717, 1.165) is 26.1 Å². The number of aryl methyl sites for hydroxylation is 2. The van der Waals surface area contributed by atoms with E-state index in [1.807, 2.05) is 6.08 Å². The number of nitrogens with one attached hydrogen (secondary N) is 1. The molecule has 0 amide bonds. The Morgan fingerprint density at radius 3 is 2.93 bits per heavy atom. The summed E-state index contributed by atoms with van der Waals surface area (Å²) >= 11 is 0. The lowest BCUT2D eigenvalue weighted by Gasteiger charge is -2.04. The predicted molar refractivity (Wildman–Crippen MR) is 59.2 cm³/mol. The lowest BCUT2D eigenvalue weighted by Crippen LogP contribution is -2.16. The molecule has 0 saturated carbocycles. The molecule has 78 valence electrons. The summed E-state index contributed by atoms with van der Waals surface area (Å²) in [6.45, 7) is 10.6. The maximum absolute atomic E-state index is 4.48. The molecule has 0 saturated heterocycles. The number of hydrogen-bond donors (Lipinski definition) is 1. The molecule has 1 aromatic rings. The average molecular weight is 193 g/mol. The second-order valence-electron chi connectivity index (χ2n) is 3.22. The molecule has 0 fully saturated rings. The highest BCUT2D eigenvalue weighted by Crippen LogP contribution is 2.04. The molecule has 0 aliphatic heterocycles.